The van der Waals surface area contributed by atoms with Crippen LogP contribution in [-0.2, 0) is 22.8 Å². The van der Waals surface area contributed by atoms with E-state index in [4.69, 9.17) is 0 Å². The topological polar surface area (TPSA) is 64.8 Å². The van der Waals surface area contributed by atoms with Crippen LogP contribution in [0.1, 0.15) is 43.3 Å². The lowest BCUT2D eigenvalue weighted by atomic mass is 10.1. The molecule has 0 aromatic carbocycles. The van der Waals surface area contributed by atoms with Gasteiger partial charge in [0.15, 0.2) is 15.7 Å². The number of aromatic nitrogens is 3. The lowest BCUT2D eigenvalue weighted by molar-refractivity contribution is 0.474. The van der Waals surface area contributed by atoms with E-state index in [9.17, 15) is 8.42 Å². The van der Waals surface area contributed by atoms with Gasteiger partial charge in [-0.2, -0.15) is 5.10 Å². The van der Waals surface area contributed by atoms with Gasteiger partial charge >= 0.3 is 0 Å². The molecule has 0 amide bonds. The highest BCUT2D eigenvalue weighted by molar-refractivity contribution is 7.91. The molecule has 2 aliphatic rings. The zero-order valence-electron chi connectivity index (χ0n) is 9.80. The second kappa shape index (κ2) is 4.08. The molecule has 0 radical (unpaired) electrons. The monoisotopic (exact) mass is 255 g/mol. The lowest BCUT2D eigenvalue weighted by Gasteiger charge is -2.18. The second-order valence-electron chi connectivity index (χ2n) is 5.02. The molecule has 1 fully saturated rings. The highest BCUT2D eigenvalue weighted by Crippen LogP contribution is 2.27. The van der Waals surface area contributed by atoms with Crippen molar-refractivity contribution in [3.8, 4) is 0 Å². The van der Waals surface area contributed by atoms with Gasteiger partial charge in [0.25, 0.3) is 0 Å². The van der Waals surface area contributed by atoms with Crippen molar-refractivity contribution in [1.29, 1.82) is 0 Å². The molecule has 3 rings (SSSR count). The lowest BCUT2D eigenvalue weighted by Crippen LogP contribution is -2.24. The maximum absolute atomic E-state index is 11.6. The van der Waals surface area contributed by atoms with E-state index in [1.165, 1.54) is 6.42 Å². The van der Waals surface area contributed by atoms with E-state index in [1.807, 2.05) is 4.68 Å². The van der Waals surface area contributed by atoms with Crippen molar-refractivity contribution < 1.29 is 8.42 Å². The molecule has 1 atom stereocenters. The van der Waals surface area contributed by atoms with E-state index in [1.54, 1.807) is 0 Å². The van der Waals surface area contributed by atoms with Gasteiger partial charge in [-0.1, -0.05) is 0 Å². The molecule has 0 bridgehead atoms. The predicted molar refractivity (Wildman–Crippen MR) is 63.6 cm³/mol. The van der Waals surface area contributed by atoms with Crippen LogP contribution in [0.3, 0.4) is 0 Å². The third-order valence-electron chi connectivity index (χ3n) is 3.61. The molecule has 1 unspecified atom stereocenters. The number of hydrogen-bond acceptors (Lipinski definition) is 4. The number of fused-ring (bicyclic) bond motifs is 1. The number of aryl methyl sites for hydroxylation is 2. The van der Waals surface area contributed by atoms with Crippen molar-refractivity contribution in [3.05, 3.63) is 11.6 Å². The fourth-order valence-corrected chi connectivity index (χ4v) is 4.40. The Bertz CT molecular complexity index is 497. The Morgan fingerprint density at radius 1 is 1.24 bits per heavy atom. The van der Waals surface area contributed by atoms with Gasteiger partial charge in [0, 0.05) is 18.9 Å². The van der Waals surface area contributed by atoms with Crippen molar-refractivity contribution in [2.75, 3.05) is 11.5 Å². The average Bonchev–Trinajstić information content (AvgIpc) is 2.71. The van der Waals surface area contributed by atoms with Crippen LogP contribution in [0.25, 0.3) is 0 Å². The summed E-state index contributed by atoms with van der Waals surface area (Å²) in [7, 11) is -2.87. The standard InChI is InChI=1S/C11H17N3O2S/c15-17(16)7-3-4-9(8-17)11-12-10-5-1-2-6-14(10)13-11/h9H,1-8H2. The third kappa shape index (κ3) is 2.22. The first-order valence-corrected chi connectivity index (χ1v) is 8.10. The van der Waals surface area contributed by atoms with Crippen molar-refractivity contribution >= 4 is 9.84 Å². The molecule has 17 heavy (non-hydrogen) atoms. The van der Waals surface area contributed by atoms with E-state index in [2.05, 4.69) is 10.1 Å². The van der Waals surface area contributed by atoms with Gasteiger partial charge in [-0.05, 0) is 25.7 Å². The Kier molecular flexibility index (Phi) is 2.69. The largest absolute Gasteiger partial charge is 0.250 e. The summed E-state index contributed by atoms with van der Waals surface area (Å²) in [4.78, 5) is 4.53. The Morgan fingerprint density at radius 3 is 2.88 bits per heavy atom. The van der Waals surface area contributed by atoms with Gasteiger partial charge in [-0.25, -0.2) is 18.1 Å². The quantitative estimate of drug-likeness (QED) is 0.748. The van der Waals surface area contributed by atoms with Gasteiger partial charge in [-0.3, -0.25) is 0 Å². The molecule has 0 spiro atoms. The van der Waals surface area contributed by atoms with Gasteiger partial charge in [0.2, 0.25) is 0 Å². The van der Waals surface area contributed by atoms with E-state index < -0.39 is 9.84 Å². The highest BCUT2D eigenvalue weighted by Gasteiger charge is 2.29. The van der Waals surface area contributed by atoms with Crippen molar-refractivity contribution in [3.63, 3.8) is 0 Å². The normalized spacial score (nSPS) is 27.6. The SMILES string of the molecule is O=S1(=O)CCCC(c2nc3n(n2)CCCC3)C1. The molecule has 5 nitrogen and oxygen atoms in total. The molecule has 2 aliphatic heterocycles. The maximum Gasteiger partial charge on any atom is 0.155 e. The summed E-state index contributed by atoms with van der Waals surface area (Å²) in [6.45, 7) is 0.932. The van der Waals surface area contributed by atoms with Gasteiger partial charge in [0.05, 0.1) is 11.5 Å². The van der Waals surface area contributed by atoms with Crippen molar-refractivity contribution in [2.24, 2.45) is 0 Å². The summed E-state index contributed by atoms with van der Waals surface area (Å²) in [6.07, 6.45) is 4.95. The molecule has 1 aromatic heterocycles. The van der Waals surface area contributed by atoms with Crippen molar-refractivity contribution in [2.45, 2.75) is 44.6 Å². The summed E-state index contributed by atoms with van der Waals surface area (Å²) in [5.74, 6) is 2.37. The van der Waals surface area contributed by atoms with Gasteiger partial charge < -0.3 is 0 Å². The van der Waals surface area contributed by atoms with E-state index in [0.29, 0.717) is 5.75 Å². The van der Waals surface area contributed by atoms with Gasteiger partial charge in [-0.15, -0.1) is 0 Å². The third-order valence-corrected chi connectivity index (χ3v) is 5.43. The van der Waals surface area contributed by atoms with Crippen LogP contribution in [0, 0.1) is 0 Å². The Labute approximate surface area is 101 Å². The molecule has 94 valence electrons. The Balaban J connectivity index is 1.86. The minimum Gasteiger partial charge on any atom is -0.250 e. The first-order valence-electron chi connectivity index (χ1n) is 6.28. The Hall–Kier alpha value is -0.910. The number of sulfone groups is 1. The fourth-order valence-electron chi connectivity index (χ4n) is 2.70. The van der Waals surface area contributed by atoms with Crippen molar-refractivity contribution in [1.82, 2.24) is 14.8 Å². The zero-order valence-corrected chi connectivity index (χ0v) is 10.6. The first kappa shape index (κ1) is 11.2. The molecular formula is C11H17N3O2S. The van der Waals surface area contributed by atoms with Crippen LogP contribution in [0.2, 0.25) is 0 Å². The zero-order chi connectivity index (χ0) is 11.9. The molecular weight excluding hydrogens is 238 g/mol. The summed E-state index contributed by atoms with van der Waals surface area (Å²) in [5, 5.41) is 4.48. The summed E-state index contributed by atoms with van der Waals surface area (Å²) in [6, 6.07) is 0. The predicted octanol–water partition coefficient (Wildman–Crippen LogP) is 0.907. The average molecular weight is 255 g/mol. The van der Waals surface area contributed by atoms with E-state index >= 15 is 0 Å². The smallest absolute Gasteiger partial charge is 0.155 e. The molecule has 0 saturated carbocycles. The highest BCUT2D eigenvalue weighted by atomic mass is 32.2. The van der Waals surface area contributed by atoms with Crippen LogP contribution in [-0.4, -0.2) is 34.7 Å². The van der Waals surface area contributed by atoms with E-state index in [0.717, 1.165) is 43.9 Å². The summed E-state index contributed by atoms with van der Waals surface area (Å²) in [5.41, 5.74) is 0. The molecule has 0 aliphatic carbocycles. The van der Waals surface area contributed by atoms with E-state index in [-0.39, 0.29) is 11.7 Å². The van der Waals surface area contributed by atoms with Crippen LogP contribution in [0.5, 0.6) is 0 Å². The summed E-state index contributed by atoms with van der Waals surface area (Å²) < 4.78 is 25.2. The molecule has 6 heteroatoms. The summed E-state index contributed by atoms with van der Waals surface area (Å²) >= 11 is 0. The second-order valence-corrected chi connectivity index (χ2v) is 7.25. The number of rotatable bonds is 1. The van der Waals surface area contributed by atoms with Gasteiger partial charge in [0.1, 0.15) is 5.82 Å². The first-order chi connectivity index (χ1) is 8.14. The van der Waals surface area contributed by atoms with Crippen LogP contribution >= 0.6 is 0 Å². The maximum atomic E-state index is 11.6. The molecule has 0 N–H and O–H groups in total. The molecule has 1 saturated heterocycles. The Morgan fingerprint density at radius 2 is 2.12 bits per heavy atom. The fraction of sp³-hybridized carbons (Fsp3) is 0.818. The molecule has 3 heterocycles. The number of nitrogens with zero attached hydrogens (tertiary/aromatic N) is 3. The minimum absolute atomic E-state index is 0.0202. The minimum atomic E-state index is -2.87. The van der Waals surface area contributed by atoms with Crippen LogP contribution in [0.15, 0.2) is 0 Å². The van der Waals surface area contributed by atoms with Crippen LogP contribution < -0.4 is 0 Å². The molecule has 1 aromatic rings. The van der Waals surface area contributed by atoms with Crippen LogP contribution in [0.4, 0.5) is 0 Å². The number of hydrogen-bond donors (Lipinski definition) is 0.